The summed E-state index contributed by atoms with van der Waals surface area (Å²) in [5.74, 6) is -0.400. The first kappa shape index (κ1) is 22.6. The van der Waals surface area contributed by atoms with Gasteiger partial charge in [0.1, 0.15) is 5.75 Å². The summed E-state index contributed by atoms with van der Waals surface area (Å²) in [5, 5.41) is 2.89. The Bertz CT molecular complexity index is 920. The number of rotatable bonds is 9. The van der Waals surface area contributed by atoms with E-state index in [1.54, 1.807) is 6.08 Å². The molecule has 1 N–H and O–H groups in total. The Morgan fingerprint density at radius 3 is 2.58 bits per heavy atom. The van der Waals surface area contributed by atoms with Crippen molar-refractivity contribution in [3.05, 3.63) is 71.8 Å². The van der Waals surface area contributed by atoms with E-state index in [0.717, 1.165) is 37.2 Å². The molecule has 0 bridgehead atoms. The summed E-state index contributed by atoms with van der Waals surface area (Å²) in [6.07, 6.45) is 4.91. The van der Waals surface area contributed by atoms with Crippen LogP contribution in [0.4, 0.5) is 5.69 Å². The zero-order chi connectivity index (χ0) is 22.2. The van der Waals surface area contributed by atoms with Gasteiger partial charge in [0, 0.05) is 37.3 Å². The first-order valence-corrected chi connectivity index (χ1v) is 11.1. The molecule has 2 atom stereocenters. The van der Waals surface area contributed by atoms with Gasteiger partial charge in [-0.25, -0.2) is 0 Å². The second-order valence-corrected chi connectivity index (χ2v) is 7.87. The van der Waals surface area contributed by atoms with Crippen molar-refractivity contribution in [2.75, 3.05) is 24.5 Å². The Kier molecular flexibility index (Phi) is 7.88. The standard InChI is InChI=1S/C26H32N2O3/c1-4-28(5-2)21-13-14-22-19(3)23(26(30)31-24(22)18-21)15-16-25(29)27-17-9-12-20-10-7-6-8-11-20/h6-8,10-11,13-16,18-19,23H,4-5,9,12,17H2,1-3H3,(H,27,29)/b16-15+. The average molecular weight is 421 g/mol. The van der Waals surface area contributed by atoms with Crippen molar-refractivity contribution < 1.29 is 14.3 Å². The minimum absolute atomic E-state index is 0.0517. The monoisotopic (exact) mass is 420 g/mol. The third-order valence-corrected chi connectivity index (χ3v) is 5.88. The molecule has 3 rings (SSSR count). The number of ether oxygens (including phenoxy) is 1. The molecule has 0 radical (unpaired) electrons. The predicted molar refractivity (Wildman–Crippen MR) is 124 cm³/mol. The van der Waals surface area contributed by atoms with Gasteiger partial charge in [-0.1, -0.05) is 49.4 Å². The topological polar surface area (TPSA) is 58.6 Å². The third-order valence-electron chi connectivity index (χ3n) is 5.88. The zero-order valence-corrected chi connectivity index (χ0v) is 18.6. The van der Waals surface area contributed by atoms with E-state index in [2.05, 4.69) is 42.3 Å². The molecule has 0 saturated heterocycles. The van der Waals surface area contributed by atoms with Crippen molar-refractivity contribution in [1.82, 2.24) is 5.32 Å². The van der Waals surface area contributed by atoms with Crippen LogP contribution >= 0.6 is 0 Å². The van der Waals surface area contributed by atoms with Crippen LogP contribution in [0.15, 0.2) is 60.7 Å². The summed E-state index contributed by atoms with van der Waals surface area (Å²) in [6.45, 7) is 8.59. The van der Waals surface area contributed by atoms with Crippen molar-refractivity contribution in [3.8, 4) is 5.75 Å². The number of amides is 1. The number of benzene rings is 2. The highest BCUT2D eigenvalue weighted by Crippen LogP contribution is 2.40. The highest BCUT2D eigenvalue weighted by atomic mass is 16.5. The maximum Gasteiger partial charge on any atom is 0.318 e. The number of fused-ring (bicyclic) bond motifs is 1. The lowest BCUT2D eigenvalue weighted by Gasteiger charge is -2.29. The van der Waals surface area contributed by atoms with Crippen LogP contribution in [0.1, 0.15) is 44.2 Å². The summed E-state index contributed by atoms with van der Waals surface area (Å²) in [5.41, 5.74) is 3.30. The van der Waals surface area contributed by atoms with Gasteiger partial charge in [-0.3, -0.25) is 9.59 Å². The Labute approximate surface area is 185 Å². The lowest BCUT2D eigenvalue weighted by molar-refractivity contribution is -0.139. The zero-order valence-electron chi connectivity index (χ0n) is 18.6. The van der Waals surface area contributed by atoms with Gasteiger partial charge in [-0.2, -0.15) is 0 Å². The molecule has 2 aromatic carbocycles. The van der Waals surface area contributed by atoms with E-state index in [1.165, 1.54) is 11.6 Å². The predicted octanol–water partition coefficient (Wildman–Crippen LogP) is 4.48. The fraction of sp³-hybridized carbons (Fsp3) is 0.385. The van der Waals surface area contributed by atoms with Crippen LogP contribution in [0.3, 0.4) is 0 Å². The molecule has 1 aliphatic rings. The van der Waals surface area contributed by atoms with Crippen LogP contribution in [0.5, 0.6) is 5.75 Å². The van der Waals surface area contributed by atoms with Crippen LogP contribution in [0.2, 0.25) is 0 Å². The molecule has 2 aromatic rings. The Morgan fingerprint density at radius 2 is 1.87 bits per heavy atom. The van der Waals surface area contributed by atoms with Gasteiger partial charge in [0.2, 0.25) is 5.91 Å². The lowest BCUT2D eigenvalue weighted by atomic mass is 9.84. The molecule has 164 valence electrons. The van der Waals surface area contributed by atoms with E-state index < -0.39 is 5.92 Å². The van der Waals surface area contributed by atoms with E-state index >= 15 is 0 Å². The highest BCUT2D eigenvalue weighted by molar-refractivity contribution is 5.89. The van der Waals surface area contributed by atoms with Crippen LogP contribution in [0.25, 0.3) is 0 Å². The largest absolute Gasteiger partial charge is 0.426 e. The van der Waals surface area contributed by atoms with Gasteiger partial charge in [0.05, 0.1) is 5.92 Å². The summed E-state index contributed by atoms with van der Waals surface area (Å²) in [4.78, 5) is 27.0. The average Bonchev–Trinajstić information content (AvgIpc) is 2.78. The number of aryl methyl sites for hydroxylation is 1. The molecule has 0 spiro atoms. The summed E-state index contributed by atoms with van der Waals surface area (Å²) < 4.78 is 5.63. The Balaban J connectivity index is 1.56. The molecule has 31 heavy (non-hydrogen) atoms. The van der Waals surface area contributed by atoms with Crippen LogP contribution in [-0.4, -0.2) is 31.5 Å². The van der Waals surface area contributed by atoms with E-state index in [1.807, 2.05) is 37.3 Å². The van der Waals surface area contributed by atoms with E-state index in [4.69, 9.17) is 4.74 Å². The number of hydrogen-bond donors (Lipinski definition) is 1. The molecule has 0 fully saturated rings. The lowest BCUT2D eigenvalue weighted by Crippen LogP contribution is -2.30. The molecule has 0 aromatic heterocycles. The first-order chi connectivity index (χ1) is 15.0. The number of anilines is 1. The Hall–Kier alpha value is -3.08. The van der Waals surface area contributed by atoms with Crippen molar-refractivity contribution >= 4 is 17.6 Å². The molecular formula is C26H32N2O3. The van der Waals surface area contributed by atoms with Gasteiger partial charge in [-0.05, 0) is 50.0 Å². The van der Waals surface area contributed by atoms with Crippen LogP contribution in [-0.2, 0) is 16.0 Å². The molecular weight excluding hydrogens is 388 g/mol. The second kappa shape index (κ2) is 10.8. The minimum atomic E-state index is -0.470. The molecule has 1 aliphatic heterocycles. The maximum absolute atomic E-state index is 12.6. The third kappa shape index (κ3) is 5.75. The van der Waals surface area contributed by atoms with Crippen molar-refractivity contribution in [1.29, 1.82) is 0 Å². The number of hydrogen-bond acceptors (Lipinski definition) is 4. The first-order valence-electron chi connectivity index (χ1n) is 11.1. The maximum atomic E-state index is 12.6. The molecule has 5 nitrogen and oxygen atoms in total. The number of carbonyl (C=O) groups is 2. The highest BCUT2D eigenvalue weighted by Gasteiger charge is 2.33. The normalized spacial score (nSPS) is 17.8. The fourth-order valence-electron chi connectivity index (χ4n) is 3.99. The van der Waals surface area contributed by atoms with Gasteiger partial charge < -0.3 is 15.0 Å². The molecule has 5 heteroatoms. The van der Waals surface area contributed by atoms with Crippen molar-refractivity contribution in [3.63, 3.8) is 0 Å². The minimum Gasteiger partial charge on any atom is -0.426 e. The number of nitrogens with one attached hydrogen (secondary N) is 1. The van der Waals surface area contributed by atoms with E-state index in [0.29, 0.717) is 12.3 Å². The number of esters is 1. The second-order valence-electron chi connectivity index (χ2n) is 7.87. The van der Waals surface area contributed by atoms with Gasteiger partial charge in [-0.15, -0.1) is 0 Å². The summed E-state index contributed by atoms with van der Waals surface area (Å²) in [6, 6.07) is 16.2. The SMILES string of the molecule is CCN(CC)c1ccc2c(c1)OC(=O)C(/C=C/C(=O)NCCCc1ccccc1)C2C. The molecule has 0 saturated carbocycles. The van der Waals surface area contributed by atoms with Crippen molar-refractivity contribution in [2.24, 2.45) is 5.92 Å². The van der Waals surface area contributed by atoms with Crippen LogP contribution in [0, 0.1) is 5.92 Å². The summed E-state index contributed by atoms with van der Waals surface area (Å²) >= 11 is 0. The fourth-order valence-corrected chi connectivity index (χ4v) is 3.99. The van der Waals surface area contributed by atoms with Gasteiger partial charge >= 0.3 is 5.97 Å². The van der Waals surface area contributed by atoms with Gasteiger partial charge in [0.25, 0.3) is 0 Å². The Morgan fingerprint density at radius 1 is 1.13 bits per heavy atom. The van der Waals surface area contributed by atoms with Crippen LogP contribution < -0.4 is 15.0 Å². The smallest absolute Gasteiger partial charge is 0.318 e. The van der Waals surface area contributed by atoms with Crippen molar-refractivity contribution in [2.45, 2.75) is 39.5 Å². The molecule has 1 heterocycles. The number of nitrogens with zero attached hydrogens (tertiary/aromatic N) is 1. The molecule has 0 aliphatic carbocycles. The van der Waals surface area contributed by atoms with E-state index in [-0.39, 0.29) is 17.8 Å². The summed E-state index contributed by atoms with van der Waals surface area (Å²) in [7, 11) is 0. The molecule has 1 amide bonds. The quantitative estimate of drug-likeness (QED) is 0.281. The van der Waals surface area contributed by atoms with Gasteiger partial charge in [0.15, 0.2) is 0 Å². The van der Waals surface area contributed by atoms with E-state index in [9.17, 15) is 9.59 Å². The molecule has 2 unspecified atom stereocenters. The number of carbonyl (C=O) groups excluding carboxylic acids is 2.